The van der Waals surface area contributed by atoms with Crippen LogP contribution in [0.5, 0.6) is 0 Å². The van der Waals surface area contributed by atoms with Crippen LogP contribution in [0, 0.1) is 22.7 Å². The molecule has 0 aromatic carbocycles. The molecule has 1 heteroatoms. The van der Waals surface area contributed by atoms with Crippen LogP contribution in [0.15, 0.2) is 0 Å². The Labute approximate surface area is 106 Å². The van der Waals surface area contributed by atoms with E-state index >= 15 is 0 Å². The Morgan fingerprint density at radius 2 is 1.71 bits per heavy atom. The van der Waals surface area contributed by atoms with Crippen molar-refractivity contribution in [3.63, 3.8) is 0 Å². The summed E-state index contributed by atoms with van der Waals surface area (Å²) in [5, 5.41) is 0. The van der Waals surface area contributed by atoms with Gasteiger partial charge < -0.3 is 4.74 Å². The van der Waals surface area contributed by atoms with Crippen LogP contribution in [-0.2, 0) is 4.74 Å². The first-order valence-electron chi connectivity index (χ1n) is 7.50. The zero-order chi connectivity index (χ0) is 12.5. The molecule has 1 aliphatic heterocycles. The summed E-state index contributed by atoms with van der Waals surface area (Å²) in [4.78, 5) is 0. The van der Waals surface area contributed by atoms with Gasteiger partial charge in [0.1, 0.15) is 0 Å². The number of hydrogen-bond donors (Lipinski definition) is 0. The second-order valence-corrected chi connectivity index (χ2v) is 7.81. The Balaban J connectivity index is 2.06. The van der Waals surface area contributed by atoms with Crippen molar-refractivity contribution in [2.75, 3.05) is 0 Å². The lowest BCUT2D eigenvalue weighted by Gasteiger charge is -2.64. The molecule has 0 amide bonds. The Morgan fingerprint density at radius 3 is 2.41 bits per heavy atom. The Kier molecular flexibility index (Phi) is 2.32. The molecule has 2 bridgehead atoms. The molecule has 6 atom stereocenters. The zero-order valence-corrected chi connectivity index (χ0v) is 12.2. The Morgan fingerprint density at radius 1 is 1.00 bits per heavy atom. The van der Waals surface area contributed by atoms with E-state index in [-0.39, 0.29) is 5.60 Å². The van der Waals surface area contributed by atoms with Gasteiger partial charge in [0.25, 0.3) is 0 Å². The first kappa shape index (κ1) is 12.0. The third kappa shape index (κ3) is 1.25. The van der Waals surface area contributed by atoms with Crippen molar-refractivity contribution in [1.82, 2.24) is 0 Å². The van der Waals surface area contributed by atoms with Gasteiger partial charge in [-0.15, -0.1) is 0 Å². The van der Waals surface area contributed by atoms with Gasteiger partial charge in [0.2, 0.25) is 0 Å². The summed E-state index contributed by atoms with van der Waals surface area (Å²) in [6.07, 6.45) is 7.21. The molecule has 1 heterocycles. The SMILES string of the molecule is CC1CC[C@@]2(C)[C@@](C)(C1)O[C@@H]1CC[C@]2(C)[C@@H]1C. The molecule has 0 N–H and O–H groups in total. The van der Waals surface area contributed by atoms with E-state index in [2.05, 4.69) is 34.6 Å². The molecular weight excluding hydrogens is 208 g/mol. The topological polar surface area (TPSA) is 9.23 Å². The molecule has 1 unspecified atom stereocenters. The maximum absolute atomic E-state index is 6.62. The predicted molar refractivity (Wildman–Crippen MR) is 70.9 cm³/mol. The molecule has 17 heavy (non-hydrogen) atoms. The lowest BCUT2D eigenvalue weighted by atomic mass is 9.47. The van der Waals surface area contributed by atoms with E-state index in [4.69, 9.17) is 4.74 Å². The van der Waals surface area contributed by atoms with Gasteiger partial charge in [-0.2, -0.15) is 0 Å². The molecule has 98 valence electrons. The highest BCUT2D eigenvalue weighted by molar-refractivity contribution is 5.15. The fourth-order valence-corrected chi connectivity index (χ4v) is 5.46. The minimum absolute atomic E-state index is 0.132. The van der Waals surface area contributed by atoms with Crippen LogP contribution in [0.25, 0.3) is 0 Å². The number of rotatable bonds is 0. The van der Waals surface area contributed by atoms with Crippen molar-refractivity contribution in [2.24, 2.45) is 22.7 Å². The zero-order valence-electron chi connectivity index (χ0n) is 12.2. The minimum Gasteiger partial charge on any atom is -0.371 e. The van der Waals surface area contributed by atoms with E-state index in [1.165, 1.54) is 32.1 Å². The van der Waals surface area contributed by atoms with E-state index in [9.17, 15) is 0 Å². The fraction of sp³-hybridized carbons (Fsp3) is 1.00. The van der Waals surface area contributed by atoms with Crippen LogP contribution in [0.1, 0.15) is 66.7 Å². The summed E-state index contributed by atoms with van der Waals surface area (Å²) in [6, 6.07) is 0. The monoisotopic (exact) mass is 236 g/mol. The molecule has 0 radical (unpaired) electrons. The largest absolute Gasteiger partial charge is 0.371 e. The molecule has 1 nitrogen and oxygen atoms in total. The average molecular weight is 236 g/mol. The molecule has 0 spiro atoms. The third-order valence-corrected chi connectivity index (χ3v) is 7.23. The highest BCUT2D eigenvalue weighted by atomic mass is 16.5. The van der Waals surface area contributed by atoms with Crippen molar-refractivity contribution in [3.8, 4) is 0 Å². The summed E-state index contributed by atoms with van der Waals surface area (Å²) in [5.41, 5.74) is 1.02. The lowest BCUT2D eigenvalue weighted by molar-refractivity contribution is -0.267. The second-order valence-electron chi connectivity index (χ2n) is 7.81. The first-order valence-corrected chi connectivity index (χ1v) is 7.50. The van der Waals surface area contributed by atoms with Crippen molar-refractivity contribution in [3.05, 3.63) is 0 Å². The molecule has 3 fully saturated rings. The summed E-state index contributed by atoms with van der Waals surface area (Å²) in [6.45, 7) is 12.3. The highest BCUT2D eigenvalue weighted by Crippen LogP contribution is 2.69. The van der Waals surface area contributed by atoms with Gasteiger partial charge in [0, 0.05) is 5.41 Å². The Hall–Kier alpha value is -0.0400. The molecule has 2 saturated carbocycles. The Bertz CT molecular complexity index is 338. The molecule has 2 aliphatic carbocycles. The van der Waals surface area contributed by atoms with Crippen molar-refractivity contribution in [1.29, 1.82) is 0 Å². The van der Waals surface area contributed by atoms with Gasteiger partial charge in [0.05, 0.1) is 11.7 Å². The summed E-state index contributed by atoms with van der Waals surface area (Å²) < 4.78 is 6.62. The van der Waals surface area contributed by atoms with E-state index in [1.807, 2.05) is 0 Å². The van der Waals surface area contributed by atoms with Gasteiger partial charge in [0.15, 0.2) is 0 Å². The summed E-state index contributed by atoms with van der Waals surface area (Å²) in [5.74, 6) is 1.58. The molecule has 3 rings (SSSR count). The van der Waals surface area contributed by atoms with Crippen molar-refractivity contribution < 1.29 is 4.74 Å². The molecule has 1 saturated heterocycles. The number of hydrogen-bond acceptors (Lipinski definition) is 1. The molecule has 0 aromatic rings. The second kappa shape index (κ2) is 3.29. The van der Waals surface area contributed by atoms with Crippen LogP contribution in [-0.4, -0.2) is 11.7 Å². The van der Waals surface area contributed by atoms with Gasteiger partial charge in [-0.25, -0.2) is 0 Å². The molecule has 3 aliphatic rings. The molecule has 0 aromatic heterocycles. The van der Waals surface area contributed by atoms with Crippen LogP contribution in [0.4, 0.5) is 0 Å². The fourth-order valence-electron chi connectivity index (χ4n) is 5.46. The van der Waals surface area contributed by atoms with Crippen molar-refractivity contribution >= 4 is 0 Å². The minimum atomic E-state index is 0.132. The van der Waals surface area contributed by atoms with Crippen molar-refractivity contribution in [2.45, 2.75) is 78.4 Å². The van der Waals surface area contributed by atoms with Crippen LogP contribution < -0.4 is 0 Å². The lowest BCUT2D eigenvalue weighted by Crippen LogP contribution is -2.63. The van der Waals surface area contributed by atoms with Gasteiger partial charge in [-0.1, -0.05) is 27.7 Å². The van der Waals surface area contributed by atoms with E-state index in [1.54, 1.807) is 0 Å². The van der Waals surface area contributed by atoms with Crippen LogP contribution in [0.2, 0.25) is 0 Å². The van der Waals surface area contributed by atoms with Crippen LogP contribution >= 0.6 is 0 Å². The van der Waals surface area contributed by atoms with Gasteiger partial charge in [-0.3, -0.25) is 0 Å². The predicted octanol–water partition coefficient (Wildman–Crippen LogP) is 4.41. The standard InChI is InChI=1S/C16H28O/c1-11-6-9-15(4)14(3)8-7-13(12(14)2)17-16(15,5)10-11/h11-13H,6-10H2,1-5H3/t11?,12-,13-,14-,15-,16-/m1/s1. The third-order valence-electron chi connectivity index (χ3n) is 7.23. The quantitative estimate of drug-likeness (QED) is 0.605. The van der Waals surface area contributed by atoms with Gasteiger partial charge >= 0.3 is 0 Å². The summed E-state index contributed by atoms with van der Waals surface area (Å²) >= 11 is 0. The number of fused-ring (bicyclic) bond motifs is 4. The maximum Gasteiger partial charge on any atom is 0.0719 e. The smallest absolute Gasteiger partial charge is 0.0719 e. The summed E-state index contributed by atoms with van der Waals surface area (Å²) in [7, 11) is 0. The van der Waals surface area contributed by atoms with E-state index < -0.39 is 0 Å². The normalized spacial score (nSPS) is 62.3. The first-order chi connectivity index (χ1) is 7.82. The van der Waals surface area contributed by atoms with E-state index in [0.29, 0.717) is 16.9 Å². The average Bonchev–Trinajstić information content (AvgIpc) is 2.48. The van der Waals surface area contributed by atoms with Gasteiger partial charge in [-0.05, 0) is 56.3 Å². The number of ether oxygens (including phenoxy) is 1. The highest BCUT2D eigenvalue weighted by Gasteiger charge is 2.67. The maximum atomic E-state index is 6.62. The molecular formula is C16H28O. The van der Waals surface area contributed by atoms with E-state index in [0.717, 1.165) is 11.8 Å². The van der Waals surface area contributed by atoms with Crippen LogP contribution in [0.3, 0.4) is 0 Å².